The smallest absolute Gasteiger partial charge is 0.267 e. The van der Waals surface area contributed by atoms with Crippen molar-refractivity contribution < 1.29 is 17.6 Å². The molecular weight excluding hydrogens is 295 g/mol. The average molecular weight is 308 g/mol. The quantitative estimate of drug-likeness (QED) is 0.934. The number of nitrogens with zero attached hydrogens (tertiary/aromatic N) is 1. The molecule has 0 aliphatic rings. The molecule has 0 radical (unpaired) electrons. The number of benzene rings is 2. The fourth-order valence-electron chi connectivity index (χ4n) is 1.89. The minimum Gasteiger partial charge on any atom is -0.366 e. The number of hydrogen-bond acceptors (Lipinski definition) is 3. The van der Waals surface area contributed by atoms with E-state index in [4.69, 9.17) is 5.73 Å². The molecule has 0 aromatic heterocycles. The Morgan fingerprint density at radius 3 is 2.29 bits per heavy atom. The minimum absolute atomic E-state index is 0.0416. The van der Waals surface area contributed by atoms with E-state index < -0.39 is 26.6 Å². The van der Waals surface area contributed by atoms with Crippen LogP contribution in [0.4, 0.5) is 10.1 Å². The van der Waals surface area contributed by atoms with Crippen LogP contribution in [0.1, 0.15) is 10.4 Å². The summed E-state index contributed by atoms with van der Waals surface area (Å²) in [6, 6.07) is 11.0. The maximum Gasteiger partial charge on any atom is 0.267 e. The largest absolute Gasteiger partial charge is 0.366 e. The van der Waals surface area contributed by atoms with Crippen molar-refractivity contribution >= 4 is 21.6 Å². The van der Waals surface area contributed by atoms with Crippen LogP contribution in [0.3, 0.4) is 0 Å². The van der Waals surface area contributed by atoms with Crippen LogP contribution in [0.5, 0.6) is 0 Å². The minimum atomic E-state index is -4.13. The molecule has 110 valence electrons. The van der Waals surface area contributed by atoms with Gasteiger partial charge >= 0.3 is 0 Å². The topological polar surface area (TPSA) is 80.5 Å². The molecule has 0 saturated heterocycles. The number of anilines is 1. The highest BCUT2D eigenvalue weighted by molar-refractivity contribution is 7.92. The maximum atomic E-state index is 13.7. The molecular formula is C14H13FN2O3S. The van der Waals surface area contributed by atoms with Gasteiger partial charge in [-0.05, 0) is 24.3 Å². The highest BCUT2D eigenvalue weighted by Gasteiger charge is 2.26. The highest BCUT2D eigenvalue weighted by Crippen LogP contribution is 2.26. The third kappa shape index (κ3) is 2.73. The van der Waals surface area contributed by atoms with E-state index in [1.54, 1.807) is 12.1 Å². The van der Waals surface area contributed by atoms with Crippen molar-refractivity contribution in [3.63, 3.8) is 0 Å². The molecule has 1 amide bonds. The molecule has 0 aliphatic carbocycles. The second-order valence-electron chi connectivity index (χ2n) is 4.28. The molecule has 7 heteroatoms. The van der Waals surface area contributed by atoms with Crippen molar-refractivity contribution in [1.82, 2.24) is 0 Å². The zero-order valence-electron chi connectivity index (χ0n) is 11.2. The van der Waals surface area contributed by atoms with Crippen molar-refractivity contribution in [2.24, 2.45) is 5.73 Å². The van der Waals surface area contributed by atoms with E-state index in [9.17, 15) is 17.6 Å². The number of nitrogens with two attached hydrogens (primary N) is 1. The lowest BCUT2D eigenvalue weighted by Gasteiger charge is -2.21. The highest BCUT2D eigenvalue weighted by atomic mass is 32.2. The van der Waals surface area contributed by atoms with Gasteiger partial charge in [-0.2, -0.15) is 0 Å². The summed E-state index contributed by atoms with van der Waals surface area (Å²) in [5.74, 6) is -1.62. The van der Waals surface area contributed by atoms with Crippen LogP contribution >= 0.6 is 0 Å². The number of sulfonamides is 1. The van der Waals surface area contributed by atoms with Gasteiger partial charge in [-0.3, -0.25) is 9.10 Å². The fraction of sp³-hybridized carbons (Fsp3) is 0.0714. The summed E-state index contributed by atoms with van der Waals surface area (Å²) in [6.45, 7) is 0. The van der Waals surface area contributed by atoms with E-state index in [2.05, 4.69) is 0 Å². The third-order valence-corrected chi connectivity index (χ3v) is 4.79. The number of rotatable bonds is 4. The number of carbonyl (C=O) groups is 1. The normalized spacial score (nSPS) is 11.1. The monoisotopic (exact) mass is 308 g/mol. The molecule has 2 aromatic carbocycles. The molecule has 0 spiro atoms. The summed E-state index contributed by atoms with van der Waals surface area (Å²) >= 11 is 0. The second-order valence-corrected chi connectivity index (χ2v) is 6.22. The van der Waals surface area contributed by atoms with Gasteiger partial charge in [0, 0.05) is 7.05 Å². The van der Waals surface area contributed by atoms with Crippen LogP contribution in [-0.2, 0) is 10.0 Å². The number of para-hydroxylation sites is 1. The van der Waals surface area contributed by atoms with E-state index in [1.807, 2.05) is 0 Å². The zero-order valence-corrected chi connectivity index (χ0v) is 12.0. The van der Waals surface area contributed by atoms with Crippen LogP contribution in [0, 0.1) is 5.82 Å². The lowest BCUT2D eigenvalue weighted by Crippen LogP contribution is -2.29. The van der Waals surface area contributed by atoms with Crippen molar-refractivity contribution in [3.8, 4) is 0 Å². The molecule has 0 unspecified atom stereocenters. The predicted molar refractivity (Wildman–Crippen MR) is 76.9 cm³/mol. The Hall–Kier alpha value is -2.41. The molecule has 0 heterocycles. The Bertz CT molecular complexity index is 790. The molecule has 2 N–H and O–H groups in total. The van der Waals surface area contributed by atoms with E-state index in [-0.39, 0.29) is 11.3 Å². The molecule has 2 aromatic rings. The zero-order chi connectivity index (χ0) is 15.6. The van der Waals surface area contributed by atoms with Crippen molar-refractivity contribution in [2.75, 3.05) is 11.4 Å². The summed E-state index contributed by atoms with van der Waals surface area (Å²) in [7, 11) is -2.89. The van der Waals surface area contributed by atoms with Gasteiger partial charge < -0.3 is 5.73 Å². The molecule has 0 fully saturated rings. The summed E-state index contributed by atoms with van der Waals surface area (Å²) in [4.78, 5) is 10.9. The van der Waals surface area contributed by atoms with Crippen LogP contribution in [0.2, 0.25) is 0 Å². The first kappa shape index (κ1) is 15.0. The Labute approximate surface area is 121 Å². The van der Waals surface area contributed by atoms with Crippen LogP contribution in [0.25, 0.3) is 0 Å². The van der Waals surface area contributed by atoms with Gasteiger partial charge in [0.2, 0.25) is 0 Å². The Morgan fingerprint density at radius 1 is 1.10 bits per heavy atom. The van der Waals surface area contributed by atoms with Gasteiger partial charge in [-0.15, -0.1) is 0 Å². The number of halogens is 1. The number of primary amides is 1. The number of hydrogen-bond donors (Lipinski definition) is 1. The number of carbonyl (C=O) groups excluding carboxylic acids is 1. The molecule has 0 bridgehead atoms. The third-order valence-electron chi connectivity index (χ3n) is 2.98. The van der Waals surface area contributed by atoms with Gasteiger partial charge in [0.05, 0.1) is 11.3 Å². The van der Waals surface area contributed by atoms with Crippen molar-refractivity contribution in [2.45, 2.75) is 4.90 Å². The molecule has 2 rings (SSSR count). The van der Waals surface area contributed by atoms with Gasteiger partial charge in [0.1, 0.15) is 10.7 Å². The lowest BCUT2D eigenvalue weighted by atomic mass is 10.2. The summed E-state index contributed by atoms with van der Waals surface area (Å²) in [5, 5.41) is 0. The van der Waals surface area contributed by atoms with Gasteiger partial charge in [0.15, 0.2) is 0 Å². The van der Waals surface area contributed by atoms with Gasteiger partial charge in [-0.25, -0.2) is 12.8 Å². The SMILES string of the molecule is CN(c1ccccc1C(N)=O)S(=O)(=O)c1ccccc1F. The first-order valence-electron chi connectivity index (χ1n) is 5.98. The average Bonchev–Trinajstić information content (AvgIpc) is 2.46. The Balaban J connectivity index is 2.57. The number of amides is 1. The summed E-state index contributed by atoms with van der Waals surface area (Å²) < 4.78 is 39.5. The van der Waals surface area contributed by atoms with Gasteiger partial charge in [-0.1, -0.05) is 24.3 Å². The summed E-state index contributed by atoms with van der Waals surface area (Å²) in [6.07, 6.45) is 0. The van der Waals surface area contributed by atoms with Crippen LogP contribution in [0.15, 0.2) is 53.4 Å². The lowest BCUT2D eigenvalue weighted by molar-refractivity contribution is 0.100. The Kier molecular flexibility index (Phi) is 3.95. The molecule has 5 nitrogen and oxygen atoms in total. The standard InChI is InChI=1S/C14H13FN2O3S/c1-17(12-8-4-2-6-10(12)14(16)18)21(19,20)13-9-5-3-7-11(13)15/h2-9H,1H3,(H2,16,18). The fourth-order valence-corrected chi connectivity index (χ4v) is 3.17. The predicted octanol–water partition coefficient (Wildman–Crippen LogP) is 1.75. The molecule has 0 aliphatic heterocycles. The van der Waals surface area contributed by atoms with Crippen molar-refractivity contribution in [1.29, 1.82) is 0 Å². The second kappa shape index (κ2) is 5.53. The van der Waals surface area contributed by atoms with E-state index in [0.717, 1.165) is 16.4 Å². The molecule has 0 saturated carbocycles. The maximum absolute atomic E-state index is 13.7. The van der Waals surface area contributed by atoms with Crippen LogP contribution in [-0.4, -0.2) is 21.4 Å². The van der Waals surface area contributed by atoms with E-state index >= 15 is 0 Å². The van der Waals surface area contributed by atoms with Crippen LogP contribution < -0.4 is 10.0 Å². The first-order valence-corrected chi connectivity index (χ1v) is 7.42. The summed E-state index contributed by atoms with van der Waals surface area (Å²) in [5.41, 5.74) is 5.36. The first-order chi connectivity index (χ1) is 9.85. The van der Waals surface area contributed by atoms with E-state index in [0.29, 0.717) is 0 Å². The van der Waals surface area contributed by atoms with Crippen molar-refractivity contribution in [3.05, 3.63) is 59.9 Å². The Morgan fingerprint density at radius 2 is 1.67 bits per heavy atom. The molecule has 21 heavy (non-hydrogen) atoms. The molecule has 0 atom stereocenters. The van der Waals surface area contributed by atoms with Gasteiger partial charge in [0.25, 0.3) is 15.9 Å². The van der Waals surface area contributed by atoms with E-state index in [1.165, 1.54) is 31.3 Å².